The van der Waals surface area contributed by atoms with Gasteiger partial charge in [0.1, 0.15) is 11.3 Å². The average Bonchev–Trinajstić information content (AvgIpc) is 2.92. The van der Waals surface area contributed by atoms with E-state index >= 15 is 0 Å². The summed E-state index contributed by atoms with van der Waals surface area (Å²) in [6, 6.07) is 15.1. The number of carboxylic acid groups (broad SMARTS) is 1. The topological polar surface area (TPSA) is 64.3 Å². The van der Waals surface area contributed by atoms with Gasteiger partial charge in [-0.15, -0.1) is 0 Å². The number of ether oxygens (including phenoxy) is 1. The molecule has 0 aliphatic rings. The van der Waals surface area contributed by atoms with Crippen LogP contribution in [0.15, 0.2) is 48.5 Å². The Morgan fingerprint density at radius 3 is 2.42 bits per heavy atom. The molecule has 0 amide bonds. The van der Waals surface area contributed by atoms with Crippen molar-refractivity contribution >= 4 is 5.97 Å². The summed E-state index contributed by atoms with van der Waals surface area (Å²) in [5.41, 5.74) is 3.71. The Hall–Kier alpha value is -3.08. The van der Waals surface area contributed by atoms with Gasteiger partial charge in [0.2, 0.25) is 0 Å². The summed E-state index contributed by atoms with van der Waals surface area (Å²) in [6.07, 6.45) is 0. The van der Waals surface area contributed by atoms with E-state index in [0.29, 0.717) is 22.7 Å². The van der Waals surface area contributed by atoms with E-state index in [9.17, 15) is 9.90 Å². The third-order valence-electron chi connectivity index (χ3n) is 3.98. The zero-order valence-electron chi connectivity index (χ0n) is 13.8. The molecule has 0 saturated heterocycles. The van der Waals surface area contributed by atoms with Gasteiger partial charge in [-0.05, 0) is 37.6 Å². The number of hydrogen-bond donors (Lipinski definition) is 1. The number of carbonyl (C=O) groups is 1. The van der Waals surface area contributed by atoms with Crippen LogP contribution in [0.2, 0.25) is 0 Å². The lowest BCUT2D eigenvalue weighted by atomic mass is 10.0. The maximum absolute atomic E-state index is 11.9. The zero-order chi connectivity index (χ0) is 17.3. The molecule has 0 atom stereocenters. The van der Waals surface area contributed by atoms with E-state index in [1.807, 2.05) is 55.5 Å². The van der Waals surface area contributed by atoms with Crippen LogP contribution < -0.4 is 4.74 Å². The van der Waals surface area contributed by atoms with Crippen molar-refractivity contribution in [1.82, 2.24) is 9.78 Å². The molecule has 1 heterocycles. The highest BCUT2D eigenvalue weighted by Crippen LogP contribution is 2.35. The molecular formula is C19H18N2O3. The monoisotopic (exact) mass is 322 g/mol. The highest BCUT2D eigenvalue weighted by Gasteiger charge is 2.25. The molecule has 5 nitrogen and oxygen atoms in total. The normalized spacial score (nSPS) is 10.6. The number of nitrogens with zero attached hydrogens (tertiary/aromatic N) is 2. The zero-order valence-corrected chi connectivity index (χ0v) is 13.8. The summed E-state index contributed by atoms with van der Waals surface area (Å²) in [5.74, 6) is -0.400. The Labute approximate surface area is 140 Å². The Balaban J connectivity index is 2.39. The molecule has 122 valence electrons. The van der Waals surface area contributed by atoms with Crippen molar-refractivity contribution in [3.05, 3.63) is 65.4 Å². The smallest absolute Gasteiger partial charge is 0.339 e. The van der Waals surface area contributed by atoms with Gasteiger partial charge in [-0.25, -0.2) is 9.48 Å². The van der Waals surface area contributed by atoms with E-state index in [0.717, 1.165) is 11.3 Å². The van der Waals surface area contributed by atoms with Gasteiger partial charge >= 0.3 is 5.97 Å². The summed E-state index contributed by atoms with van der Waals surface area (Å²) in [4.78, 5) is 11.9. The molecule has 0 spiro atoms. The summed E-state index contributed by atoms with van der Waals surface area (Å²) in [7, 11) is 1.57. The number of para-hydroxylation sites is 2. The van der Waals surface area contributed by atoms with E-state index in [2.05, 4.69) is 5.10 Å². The number of aromatic carboxylic acids is 1. The quantitative estimate of drug-likeness (QED) is 0.792. The molecule has 0 radical (unpaired) electrons. The minimum absolute atomic E-state index is 0.183. The minimum Gasteiger partial charge on any atom is -0.496 e. The number of aryl methyl sites for hydroxylation is 2. The minimum atomic E-state index is -1.01. The standard InChI is InChI=1S/C19H18N2O3/c1-12-8-4-6-10-15(12)21-18(17(19(22)23)13(2)20-21)14-9-5-7-11-16(14)24-3/h4-11H,1-3H3,(H,22,23). The van der Waals surface area contributed by atoms with Crippen LogP contribution in [0, 0.1) is 13.8 Å². The molecule has 24 heavy (non-hydrogen) atoms. The van der Waals surface area contributed by atoms with Crippen LogP contribution >= 0.6 is 0 Å². The van der Waals surface area contributed by atoms with Crippen molar-refractivity contribution in [1.29, 1.82) is 0 Å². The van der Waals surface area contributed by atoms with Crippen LogP contribution in [-0.2, 0) is 0 Å². The molecule has 1 N–H and O–H groups in total. The summed E-state index contributed by atoms with van der Waals surface area (Å²) < 4.78 is 7.12. The summed E-state index contributed by atoms with van der Waals surface area (Å²) in [5, 5.41) is 14.2. The lowest BCUT2D eigenvalue weighted by molar-refractivity contribution is 0.0697. The lowest BCUT2D eigenvalue weighted by Crippen LogP contribution is -2.05. The third kappa shape index (κ3) is 2.54. The van der Waals surface area contributed by atoms with Crippen molar-refractivity contribution in [3.63, 3.8) is 0 Å². The second-order valence-corrected chi connectivity index (χ2v) is 5.51. The molecule has 1 aromatic heterocycles. The highest BCUT2D eigenvalue weighted by atomic mass is 16.5. The molecule has 3 aromatic rings. The van der Waals surface area contributed by atoms with Crippen LogP contribution in [-0.4, -0.2) is 28.0 Å². The predicted molar refractivity (Wildman–Crippen MR) is 92.0 cm³/mol. The van der Waals surface area contributed by atoms with Crippen LogP contribution in [0.4, 0.5) is 0 Å². The van der Waals surface area contributed by atoms with Crippen molar-refractivity contribution in [2.75, 3.05) is 7.11 Å². The first-order valence-electron chi connectivity index (χ1n) is 7.57. The van der Waals surface area contributed by atoms with Crippen LogP contribution in [0.1, 0.15) is 21.6 Å². The highest BCUT2D eigenvalue weighted by molar-refractivity contribution is 5.97. The summed E-state index contributed by atoms with van der Waals surface area (Å²) >= 11 is 0. The fourth-order valence-corrected chi connectivity index (χ4v) is 2.85. The number of methoxy groups -OCH3 is 1. The second kappa shape index (κ2) is 6.20. The lowest BCUT2D eigenvalue weighted by Gasteiger charge is -2.13. The van der Waals surface area contributed by atoms with Crippen molar-refractivity contribution in [2.24, 2.45) is 0 Å². The van der Waals surface area contributed by atoms with Gasteiger partial charge in [0.25, 0.3) is 0 Å². The van der Waals surface area contributed by atoms with Gasteiger partial charge < -0.3 is 9.84 Å². The summed E-state index contributed by atoms with van der Waals surface area (Å²) in [6.45, 7) is 3.68. The number of benzene rings is 2. The van der Waals surface area contributed by atoms with Gasteiger partial charge in [0, 0.05) is 5.56 Å². The van der Waals surface area contributed by atoms with Gasteiger partial charge in [-0.1, -0.05) is 30.3 Å². The van der Waals surface area contributed by atoms with E-state index in [1.54, 1.807) is 18.7 Å². The Bertz CT molecular complexity index is 913. The van der Waals surface area contributed by atoms with E-state index in [1.165, 1.54) is 0 Å². The van der Waals surface area contributed by atoms with Gasteiger partial charge in [-0.3, -0.25) is 0 Å². The van der Waals surface area contributed by atoms with E-state index in [4.69, 9.17) is 4.74 Å². The molecular weight excluding hydrogens is 304 g/mol. The molecule has 0 aliphatic carbocycles. The molecule has 0 unspecified atom stereocenters. The predicted octanol–water partition coefficient (Wildman–Crippen LogP) is 3.86. The van der Waals surface area contributed by atoms with Gasteiger partial charge in [0.15, 0.2) is 0 Å². The van der Waals surface area contributed by atoms with Crippen molar-refractivity contribution in [2.45, 2.75) is 13.8 Å². The molecule has 3 rings (SSSR count). The number of rotatable bonds is 4. The van der Waals surface area contributed by atoms with Crippen molar-refractivity contribution in [3.8, 4) is 22.7 Å². The molecule has 0 fully saturated rings. The van der Waals surface area contributed by atoms with Crippen LogP contribution in [0.3, 0.4) is 0 Å². The fourth-order valence-electron chi connectivity index (χ4n) is 2.85. The third-order valence-corrected chi connectivity index (χ3v) is 3.98. The molecule has 5 heteroatoms. The average molecular weight is 322 g/mol. The SMILES string of the molecule is COc1ccccc1-c1c(C(=O)O)c(C)nn1-c1ccccc1C. The fraction of sp³-hybridized carbons (Fsp3) is 0.158. The molecule has 0 saturated carbocycles. The molecule has 0 bridgehead atoms. The first-order chi connectivity index (χ1) is 11.5. The van der Waals surface area contributed by atoms with Crippen LogP contribution in [0.25, 0.3) is 16.9 Å². The van der Waals surface area contributed by atoms with E-state index in [-0.39, 0.29) is 5.56 Å². The number of aromatic nitrogens is 2. The molecule has 2 aromatic carbocycles. The number of carboxylic acids is 1. The Kier molecular flexibility index (Phi) is 4.08. The maximum Gasteiger partial charge on any atom is 0.339 e. The van der Waals surface area contributed by atoms with Gasteiger partial charge in [0.05, 0.1) is 24.2 Å². The van der Waals surface area contributed by atoms with Crippen molar-refractivity contribution < 1.29 is 14.6 Å². The number of hydrogen-bond acceptors (Lipinski definition) is 3. The first-order valence-corrected chi connectivity index (χ1v) is 7.57. The second-order valence-electron chi connectivity index (χ2n) is 5.51. The largest absolute Gasteiger partial charge is 0.496 e. The van der Waals surface area contributed by atoms with Gasteiger partial charge in [-0.2, -0.15) is 5.10 Å². The van der Waals surface area contributed by atoms with E-state index < -0.39 is 5.97 Å². The Morgan fingerprint density at radius 1 is 1.08 bits per heavy atom. The first kappa shape index (κ1) is 15.8. The van der Waals surface area contributed by atoms with Crippen LogP contribution in [0.5, 0.6) is 5.75 Å². The Morgan fingerprint density at radius 2 is 1.75 bits per heavy atom. The maximum atomic E-state index is 11.9. The molecule has 0 aliphatic heterocycles.